The van der Waals surface area contributed by atoms with Gasteiger partial charge in [0.15, 0.2) is 0 Å². The van der Waals surface area contributed by atoms with E-state index in [4.69, 9.17) is 4.74 Å². The molecule has 0 aromatic carbocycles. The number of rotatable bonds is 5. The molecule has 3 aliphatic rings. The fourth-order valence-electron chi connectivity index (χ4n) is 3.83. The standard InChI is InChI=1S/C15H27NO/c1-17-14-9-8-13(10-14)16-15(11-4-2-5-11)12-6-3-7-12/h11-16H,2-10H2,1H3. The van der Waals surface area contributed by atoms with E-state index in [0.29, 0.717) is 6.10 Å². The van der Waals surface area contributed by atoms with Crippen LogP contribution >= 0.6 is 0 Å². The zero-order valence-corrected chi connectivity index (χ0v) is 11.2. The van der Waals surface area contributed by atoms with Gasteiger partial charge < -0.3 is 10.1 Å². The molecule has 0 aliphatic heterocycles. The minimum absolute atomic E-state index is 0.524. The van der Waals surface area contributed by atoms with E-state index < -0.39 is 0 Å². The molecule has 0 aromatic heterocycles. The Morgan fingerprint density at radius 3 is 2.00 bits per heavy atom. The quantitative estimate of drug-likeness (QED) is 0.793. The van der Waals surface area contributed by atoms with Crippen LogP contribution in [-0.2, 0) is 4.74 Å². The molecule has 98 valence electrons. The van der Waals surface area contributed by atoms with Crippen LogP contribution in [0.1, 0.15) is 57.8 Å². The predicted molar refractivity (Wildman–Crippen MR) is 70.0 cm³/mol. The minimum Gasteiger partial charge on any atom is -0.381 e. The fourth-order valence-corrected chi connectivity index (χ4v) is 3.83. The van der Waals surface area contributed by atoms with Crippen LogP contribution in [0.4, 0.5) is 0 Å². The molecule has 0 spiro atoms. The second-order valence-corrected chi connectivity index (χ2v) is 6.44. The van der Waals surface area contributed by atoms with Crippen LogP contribution in [0.5, 0.6) is 0 Å². The van der Waals surface area contributed by atoms with E-state index in [1.165, 1.54) is 57.8 Å². The molecule has 0 saturated heterocycles. The largest absolute Gasteiger partial charge is 0.381 e. The van der Waals surface area contributed by atoms with Crippen molar-refractivity contribution in [3.63, 3.8) is 0 Å². The Kier molecular flexibility index (Phi) is 3.72. The van der Waals surface area contributed by atoms with E-state index in [-0.39, 0.29) is 0 Å². The van der Waals surface area contributed by atoms with Crippen molar-refractivity contribution >= 4 is 0 Å². The van der Waals surface area contributed by atoms with E-state index in [1.54, 1.807) is 0 Å². The van der Waals surface area contributed by atoms with Crippen LogP contribution < -0.4 is 5.32 Å². The normalized spacial score (nSPS) is 34.9. The van der Waals surface area contributed by atoms with E-state index in [1.807, 2.05) is 7.11 Å². The summed E-state index contributed by atoms with van der Waals surface area (Å²) in [5, 5.41) is 4.00. The molecule has 2 heteroatoms. The molecule has 1 N–H and O–H groups in total. The molecule has 2 unspecified atom stereocenters. The summed E-state index contributed by atoms with van der Waals surface area (Å²) in [6.45, 7) is 0. The van der Waals surface area contributed by atoms with Gasteiger partial charge in [0.2, 0.25) is 0 Å². The lowest BCUT2D eigenvalue weighted by Crippen LogP contribution is -2.50. The minimum atomic E-state index is 0.524. The molecule has 2 atom stereocenters. The number of methoxy groups -OCH3 is 1. The summed E-state index contributed by atoms with van der Waals surface area (Å²) in [7, 11) is 1.86. The van der Waals surface area contributed by atoms with E-state index >= 15 is 0 Å². The highest BCUT2D eigenvalue weighted by Gasteiger charge is 2.38. The highest BCUT2D eigenvalue weighted by Crippen LogP contribution is 2.40. The fraction of sp³-hybridized carbons (Fsp3) is 1.00. The van der Waals surface area contributed by atoms with Crippen molar-refractivity contribution in [2.45, 2.75) is 76.0 Å². The van der Waals surface area contributed by atoms with E-state index in [2.05, 4.69) is 5.32 Å². The Balaban J connectivity index is 1.52. The third-order valence-corrected chi connectivity index (χ3v) is 5.46. The molecule has 2 nitrogen and oxygen atoms in total. The second-order valence-electron chi connectivity index (χ2n) is 6.44. The smallest absolute Gasteiger partial charge is 0.0586 e. The van der Waals surface area contributed by atoms with Crippen LogP contribution in [-0.4, -0.2) is 25.3 Å². The van der Waals surface area contributed by atoms with Gasteiger partial charge in [-0.2, -0.15) is 0 Å². The van der Waals surface area contributed by atoms with Crippen LogP contribution in [0.25, 0.3) is 0 Å². The first-order chi connectivity index (χ1) is 8.36. The summed E-state index contributed by atoms with van der Waals surface area (Å²) >= 11 is 0. The van der Waals surface area contributed by atoms with E-state index in [0.717, 1.165) is 23.9 Å². The van der Waals surface area contributed by atoms with Crippen LogP contribution in [0, 0.1) is 11.8 Å². The lowest BCUT2D eigenvalue weighted by Gasteiger charge is -2.44. The summed E-state index contributed by atoms with van der Waals surface area (Å²) in [5.41, 5.74) is 0. The van der Waals surface area contributed by atoms with Crippen molar-refractivity contribution in [3.8, 4) is 0 Å². The molecule has 3 rings (SSSR count). The number of nitrogens with one attached hydrogen (secondary N) is 1. The van der Waals surface area contributed by atoms with Crippen molar-refractivity contribution in [1.82, 2.24) is 5.32 Å². The summed E-state index contributed by atoms with van der Waals surface area (Å²) in [5.74, 6) is 2.00. The topological polar surface area (TPSA) is 21.3 Å². The van der Waals surface area contributed by atoms with Crippen molar-refractivity contribution in [3.05, 3.63) is 0 Å². The number of hydrogen-bond acceptors (Lipinski definition) is 2. The van der Waals surface area contributed by atoms with Gasteiger partial charge in [0.25, 0.3) is 0 Å². The maximum atomic E-state index is 5.48. The van der Waals surface area contributed by atoms with Gasteiger partial charge >= 0.3 is 0 Å². The van der Waals surface area contributed by atoms with Gasteiger partial charge in [-0.25, -0.2) is 0 Å². The molecule has 0 radical (unpaired) electrons. The average Bonchev–Trinajstić information content (AvgIpc) is 2.60. The molecule has 0 aromatic rings. The molecule has 3 saturated carbocycles. The number of ether oxygens (including phenoxy) is 1. The summed E-state index contributed by atoms with van der Waals surface area (Å²) < 4.78 is 5.48. The maximum Gasteiger partial charge on any atom is 0.0586 e. The average molecular weight is 237 g/mol. The monoisotopic (exact) mass is 237 g/mol. The number of hydrogen-bond donors (Lipinski definition) is 1. The van der Waals surface area contributed by atoms with Crippen molar-refractivity contribution in [2.75, 3.05) is 7.11 Å². The Morgan fingerprint density at radius 2 is 1.59 bits per heavy atom. The molecule has 0 bridgehead atoms. The Bertz CT molecular complexity index is 233. The van der Waals surface area contributed by atoms with Gasteiger partial charge in [0.05, 0.1) is 6.10 Å². The lowest BCUT2D eigenvalue weighted by molar-refractivity contribution is 0.0947. The van der Waals surface area contributed by atoms with Gasteiger partial charge in [-0.05, 0) is 56.8 Å². The first-order valence-corrected chi connectivity index (χ1v) is 7.65. The summed E-state index contributed by atoms with van der Waals surface area (Å²) in [6.07, 6.45) is 13.2. The Labute approximate surface area is 105 Å². The molecular weight excluding hydrogens is 210 g/mol. The highest BCUT2D eigenvalue weighted by atomic mass is 16.5. The van der Waals surface area contributed by atoms with Gasteiger partial charge in [-0.15, -0.1) is 0 Å². The third-order valence-electron chi connectivity index (χ3n) is 5.46. The Morgan fingerprint density at radius 1 is 0.941 bits per heavy atom. The summed E-state index contributed by atoms with van der Waals surface area (Å²) in [6, 6.07) is 1.59. The molecule has 3 fully saturated rings. The van der Waals surface area contributed by atoms with Crippen molar-refractivity contribution in [2.24, 2.45) is 11.8 Å². The zero-order valence-electron chi connectivity index (χ0n) is 11.2. The first-order valence-electron chi connectivity index (χ1n) is 7.65. The van der Waals surface area contributed by atoms with Crippen LogP contribution in [0.2, 0.25) is 0 Å². The second kappa shape index (κ2) is 5.27. The van der Waals surface area contributed by atoms with E-state index in [9.17, 15) is 0 Å². The van der Waals surface area contributed by atoms with Gasteiger partial charge in [0.1, 0.15) is 0 Å². The van der Waals surface area contributed by atoms with Crippen LogP contribution in [0.3, 0.4) is 0 Å². The predicted octanol–water partition coefficient (Wildman–Crippen LogP) is 3.11. The van der Waals surface area contributed by atoms with Crippen molar-refractivity contribution in [1.29, 1.82) is 0 Å². The van der Waals surface area contributed by atoms with Gasteiger partial charge in [0, 0.05) is 19.2 Å². The maximum absolute atomic E-state index is 5.48. The van der Waals surface area contributed by atoms with Crippen LogP contribution in [0.15, 0.2) is 0 Å². The molecule has 3 aliphatic carbocycles. The third kappa shape index (κ3) is 2.53. The SMILES string of the molecule is COC1CCC(NC(C2CCC2)C2CCC2)C1. The first kappa shape index (κ1) is 12.0. The summed E-state index contributed by atoms with van der Waals surface area (Å²) in [4.78, 5) is 0. The molecule has 0 heterocycles. The van der Waals surface area contributed by atoms with Gasteiger partial charge in [-0.3, -0.25) is 0 Å². The molecule has 0 amide bonds. The van der Waals surface area contributed by atoms with Gasteiger partial charge in [-0.1, -0.05) is 12.8 Å². The zero-order chi connectivity index (χ0) is 11.7. The molecular formula is C15H27NO. The highest BCUT2D eigenvalue weighted by molar-refractivity contribution is 4.94. The molecule has 17 heavy (non-hydrogen) atoms. The lowest BCUT2D eigenvalue weighted by atomic mass is 9.68. The van der Waals surface area contributed by atoms with Crippen molar-refractivity contribution < 1.29 is 4.74 Å². The Hall–Kier alpha value is -0.0800.